The fourth-order valence-corrected chi connectivity index (χ4v) is 5.80. The normalized spacial score (nSPS) is 15.6. The molecule has 35 heavy (non-hydrogen) atoms. The Morgan fingerprint density at radius 3 is 2.49 bits per heavy atom. The number of Topliss-reactive ketones (excluding diaryl/α,β-unsaturated/α-hetero) is 2. The Balaban J connectivity index is 1.69. The monoisotopic (exact) mass is 525 g/mol. The van der Waals surface area contributed by atoms with Crippen molar-refractivity contribution in [1.82, 2.24) is 14.8 Å². The van der Waals surface area contributed by atoms with Crippen LogP contribution < -0.4 is 0 Å². The maximum Gasteiger partial charge on any atom is 0.435 e. The van der Waals surface area contributed by atoms with Gasteiger partial charge in [0.25, 0.3) is 0 Å². The van der Waals surface area contributed by atoms with Crippen LogP contribution in [0.25, 0.3) is 5.82 Å². The first-order valence-corrected chi connectivity index (χ1v) is 12.7. The molecular weight excluding hydrogens is 507 g/mol. The van der Waals surface area contributed by atoms with Crippen molar-refractivity contribution in [2.75, 3.05) is 11.5 Å². The summed E-state index contributed by atoms with van der Waals surface area (Å²) < 4.78 is 63.8. The predicted octanol–water partition coefficient (Wildman–Crippen LogP) is 4.29. The summed E-state index contributed by atoms with van der Waals surface area (Å²) in [5.74, 6) is -1.61. The van der Waals surface area contributed by atoms with E-state index < -0.39 is 27.5 Å². The summed E-state index contributed by atoms with van der Waals surface area (Å²) in [5.41, 5.74) is -0.471. The molecule has 1 aromatic carbocycles. The molecule has 0 N–H and O–H groups in total. The summed E-state index contributed by atoms with van der Waals surface area (Å²) in [4.78, 5) is 30.2. The zero-order valence-electron chi connectivity index (χ0n) is 18.3. The molecule has 0 radical (unpaired) electrons. The molecule has 2 aromatic heterocycles. The number of nitrogens with zero attached hydrogens (tertiary/aromatic N) is 3. The summed E-state index contributed by atoms with van der Waals surface area (Å²) >= 11 is 6.10. The number of alkyl halides is 3. The Kier molecular flexibility index (Phi) is 6.58. The smallest absolute Gasteiger partial charge is 0.294 e. The molecule has 3 heterocycles. The number of aromatic nitrogens is 3. The van der Waals surface area contributed by atoms with Gasteiger partial charge in [0.2, 0.25) is 0 Å². The lowest BCUT2D eigenvalue weighted by Gasteiger charge is -2.25. The van der Waals surface area contributed by atoms with Gasteiger partial charge in [0.15, 0.2) is 32.9 Å². The Labute approximate surface area is 203 Å². The van der Waals surface area contributed by atoms with Crippen molar-refractivity contribution >= 4 is 33.0 Å². The molecule has 1 aliphatic heterocycles. The fraction of sp³-hybridized carbons (Fsp3) is 0.304. The van der Waals surface area contributed by atoms with E-state index >= 15 is 0 Å². The summed E-state index contributed by atoms with van der Waals surface area (Å²) in [6.07, 6.45) is -3.87. The van der Waals surface area contributed by atoms with Gasteiger partial charge in [-0.2, -0.15) is 18.3 Å². The summed E-state index contributed by atoms with van der Waals surface area (Å²) in [6, 6.07) is 8.37. The molecule has 1 saturated heterocycles. The summed E-state index contributed by atoms with van der Waals surface area (Å²) in [7, 11) is -3.10. The molecule has 0 amide bonds. The van der Waals surface area contributed by atoms with E-state index in [1.165, 1.54) is 24.4 Å². The first-order chi connectivity index (χ1) is 16.4. The van der Waals surface area contributed by atoms with Crippen LogP contribution in [-0.4, -0.2) is 46.3 Å². The molecule has 0 atom stereocenters. The molecule has 0 aliphatic carbocycles. The van der Waals surface area contributed by atoms with Gasteiger partial charge in [-0.25, -0.2) is 18.1 Å². The summed E-state index contributed by atoms with van der Waals surface area (Å²) in [5, 5.41) is 3.53. The van der Waals surface area contributed by atoms with Crippen molar-refractivity contribution in [2.45, 2.75) is 25.9 Å². The second kappa shape index (κ2) is 9.19. The quantitative estimate of drug-likeness (QED) is 0.427. The molecule has 4 rings (SSSR count). The second-order valence-electron chi connectivity index (χ2n) is 8.40. The number of halogens is 4. The summed E-state index contributed by atoms with van der Waals surface area (Å²) in [6.45, 7) is 1.68. The minimum atomic E-state index is -4.81. The van der Waals surface area contributed by atoms with Gasteiger partial charge in [-0.3, -0.25) is 9.59 Å². The van der Waals surface area contributed by atoms with Crippen LogP contribution in [-0.2, 0) is 22.4 Å². The highest BCUT2D eigenvalue weighted by molar-refractivity contribution is 7.92. The van der Waals surface area contributed by atoms with E-state index in [0.29, 0.717) is 17.2 Å². The number of pyridine rings is 1. The highest BCUT2D eigenvalue weighted by Crippen LogP contribution is 2.31. The molecule has 3 aromatic rings. The van der Waals surface area contributed by atoms with E-state index in [1.807, 2.05) is 0 Å². The molecule has 0 spiro atoms. The van der Waals surface area contributed by atoms with Gasteiger partial charge in [0.05, 0.1) is 16.5 Å². The van der Waals surface area contributed by atoms with Crippen LogP contribution in [0.1, 0.15) is 44.1 Å². The predicted molar refractivity (Wildman–Crippen MR) is 122 cm³/mol. The maximum atomic E-state index is 13.4. The van der Waals surface area contributed by atoms with Crippen LogP contribution in [0.15, 0.2) is 42.6 Å². The average molecular weight is 526 g/mol. The lowest BCUT2D eigenvalue weighted by molar-refractivity contribution is -0.141. The fourth-order valence-electron chi connectivity index (χ4n) is 4.02. The van der Waals surface area contributed by atoms with Crippen LogP contribution in [0.4, 0.5) is 13.2 Å². The van der Waals surface area contributed by atoms with Crippen molar-refractivity contribution < 1.29 is 31.2 Å². The number of carbonyl (C=O) groups excluding carboxylic acids is 2. The molecule has 0 unspecified atom stereocenters. The van der Waals surface area contributed by atoms with Gasteiger partial charge in [-0.05, 0) is 36.1 Å². The number of rotatable bonds is 7. The molecule has 0 saturated carbocycles. The van der Waals surface area contributed by atoms with Crippen LogP contribution in [0.5, 0.6) is 0 Å². The average Bonchev–Trinajstić information content (AvgIpc) is 3.20. The SMILES string of the molecule is Cc1cccc(C(=O)CC2CS(=O)(=O)C2)c1CC(=O)c1cc(C(F)(F)F)nn1-c1ncccc1Cl. The number of hydrogen-bond donors (Lipinski definition) is 0. The number of benzene rings is 1. The number of ketones is 2. The van der Waals surface area contributed by atoms with Crippen molar-refractivity contribution in [1.29, 1.82) is 0 Å². The van der Waals surface area contributed by atoms with E-state index in [1.54, 1.807) is 19.1 Å². The van der Waals surface area contributed by atoms with Crippen LogP contribution in [0.3, 0.4) is 0 Å². The van der Waals surface area contributed by atoms with E-state index in [2.05, 4.69) is 10.1 Å². The van der Waals surface area contributed by atoms with E-state index in [-0.39, 0.29) is 58.1 Å². The third-order valence-electron chi connectivity index (χ3n) is 5.73. The van der Waals surface area contributed by atoms with E-state index in [4.69, 9.17) is 11.6 Å². The van der Waals surface area contributed by atoms with Crippen molar-refractivity contribution in [3.8, 4) is 5.82 Å². The van der Waals surface area contributed by atoms with Crippen molar-refractivity contribution in [3.05, 3.63) is 75.7 Å². The zero-order valence-corrected chi connectivity index (χ0v) is 19.9. The third-order valence-corrected chi connectivity index (χ3v) is 7.98. The largest absolute Gasteiger partial charge is 0.435 e. The second-order valence-corrected chi connectivity index (χ2v) is 11.0. The molecule has 0 bridgehead atoms. The lowest BCUT2D eigenvalue weighted by atomic mass is 9.91. The first-order valence-electron chi connectivity index (χ1n) is 10.5. The Bertz CT molecular complexity index is 1420. The lowest BCUT2D eigenvalue weighted by Crippen LogP contribution is -2.37. The van der Waals surface area contributed by atoms with Gasteiger partial charge in [0.1, 0.15) is 5.69 Å². The minimum absolute atomic E-state index is 0.000541. The molecule has 7 nitrogen and oxygen atoms in total. The Hall–Kier alpha value is -3.05. The van der Waals surface area contributed by atoms with Gasteiger partial charge in [-0.1, -0.05) is 29.8 Å². The number of sulfone groups is 1. The van der Waals surface area contributed by atoms with Crippen molar-refractivity contribution in [3.63, 3.8) is 0 Å². The number of aryl methyl sites for hydroxylation is 1. The third kappa shape index (κ3) is 5.30. The zero-order chi connectivity index (χ0) is 25.5. The van der Waals surface area contributed by atoms with Crippen molar-refractivity contribution in [2.24, 2.45) is 5.92 Å². The van der Waals surface area contributed by atoms with Crippen LogP contribution in [0, 0.1) is 12.8 Å². The van der Waals surface area contributed by atoms with Gasteiger partial charge < -0.3 is 0 Å². The highest BCUT2D eigenvalue weighted by Gasteiger charge is 2.37. The van der Waals surface area contributed by atoms with E-state index in [0.717, 1.165) is 4.68 Å². The number of hydrogen-bond acceptors (Lipinski definition) is 6. The van der Waals surface area contributed by atoms with E-state index in [9.17, 15) is 31.2 Å². The van der Waals surface area contributed by atoms with Gasteiger partial charge in [0, 0.05) is 30.7 Å². The van der Waals surface area contributed by atoms with Gasteiger partial charge >= 0.3 is 6.18 Å². The van der Waals surface area contributed by atoms with Crippen LogP contribution in [0.2, 0.25) is 5.02 Å². The molecule has 12 heteroatoms. The topological polar surface area (TPSA) is 99.0 Å². The highest BCUT2D eigenvalue weighted by atomic mass is 35.5. The molecule has 184 valence electrons. The molecular formula is C23H19ClF3N3O4S. The Morgan fingerprint density at radius 2 is 1.86 bits per heavy atom. The maximum absolute atomic E-state index is 13.4. The van der Waals surface area contributed by atoms with Crippen LogP contribution >= 0.6 is 11.6 Å². The molecule has 1 fully saturated rings. The molecule has 1 aliphatic rings. The Morgan fingerprint density at radius 1 is 1.14 bits per heavy atom. The first kappa shape index (κ1) is 25.1. The standard InChI is InChI=1S/C23H19ClF3N3O4S/c1-13-4-2-5-15(19(31)8-14-11-35(33,34)12-14)16(13)9-20(32)18-10-21(23(25,26)27)29-30(18)22-17(24)6-3-7-28-22/h2-7,10,14H,8-9,11-12H2,1H3. The van der Waals surface area contributed by atoms with Gasteiger partial charge in [-0.15, -0.1) is 0 Å². The minimum Gasteiger partial charge on any atom is -0.294 e. The number of carbonyl (C=O) groups is 2.